The molecule has 1 aromatic carbocycles. The van der Waals surface area contributed by atoms with Gasteiger partial charge in [0.15, 0.2) is 9.92 Å². The Bertz CT molecular complexity index is 1100. The topological polar surface area (TPSA) is 112 Å². The molecule has 3 N–H and O–H groups in total. The number of hydrogen-bond acceptors (Lipinski definition) is 4. The molecule has 3 aliphatic rings. The lowest BCUT2D eigenvalue weighted by Gasteiger charge is -2.25. The van der Waals surface area contributed by atoms with Crippen LogP contribution < -0.4 is 15.2 Å². The van der Waals surface area contributed by atoms with Gasteiger partial charge in [0.25, 0.3) is 0 Å². The summed E-state index contributed by atoms with van der Waals surface area (Å²) in [5.41, 5.74) is 5.79. The van der Waals surface area contributed by atoms with E-state index in [1.807, 2.05) is 6.92 Å². The van der Waals surface area contributed by atoms with Crippen LogP contribution in [0.4, 0.5) is 10.5 Å². The molecule has 0 saturated carbocycles. The lowest BCUT2D eigenvalue weighted by molar-refractivity contribution is 0.248. The van der Waals surface area contributed by atoms with Gasteiger partial charge >= 0.3 is 6.03 Å². The Balaban J connectivity index is 1.47. The second-order valence-electron chi connectivity index (χ2n) is 7.40. The van der Waals surface area contributed by atoms with Gasteiger partial charge in [0.2, 0.25) is 5.88 Å². The highest BCUT2D eigenvalue weighted by Gasteiger charge is 2.30. The fraction of sp³-hybridized carbons (Fsp3) is 0.444. The van der Waals surface area contributed by atoms with Crippen LogP contribution in [-0.2, 0) is 42.1 Å². The molecule has 0 fully saturated rings. The smallest absolute Gasteiger partial charge is 0.354 e. The van der Waals surface area contributed by atoms with Gasteiger partial charge in [-0.25, -0.2) is 18.8 Å². The Morgan fingerprint density at radius 1 is 1.33 bits per heavy atom. The first-order valence-corrected chi connectivity index (χ1v) is 10.7. The van der Waals surface area contributed by atoms with E-state index in [0.717, 1.165) is 37.8 Å². The summed E-state index contributed by atoms with van der Waals surface area (Å²) in [7, 11) is -3.45. The number of benzene rings is 1. The molecule has 9 heteroatoms. The summed E-state index contributed by atoms with van der Waals surface area (Å²) in [6.07, 6.45) is 6.33. The number of nitrogens with zero attached hydrogens (tertiary/aromatic N) is 3. The molecule has 2 aliphatic carbocycles. The highest BCUT2D eigenvalue weighted by atomic mass is 32.2. The number of nitrogens with one attached hydrogen (secondary N) is 1. The first-order chi connectivity index (χ1) is 12.9. The number of aromatic nitrogens is 2. The summed E-state index contributed by atoms with van der Waals surface area (Å²) in [5, 5.41) is 12.9. The van der Waals surface area contributed by atoms with E-state index >= 15 is 0 Å². The minimum atomic E-state index is -3.45. The molecule has 0 saturated heterocycles. The van der Waals surface area contributed by atoms with Gasteiger partial charge in [0.1, 0.15) is 11.0 Å². The van der Waals surface area contributed by atoms with Crippen molar-refractivity contribution in [1.82, 2.24) is 9.78 Å². The molecule has 1 aromatic heterocycles. The number of ether oxygens (including phenoxy) is 1. The molecule has 0 bridgehead atoms. The van der Waals surface area contributed by atoms with Gasteiger partial charge in [0.05, 0.1) is 12.7 Å². The van der Waals surface area contributed by atoms with Crippen LogP contribution in [0.2, 0.25) is 0 Å². The summed E-state index contributed by atoms with van der Waals surface area (Å²) < 4.78 is 23.9. The fourth-order valence-corrected chi connectivity index (χ4v) is 5.17. The maximum absolute atomic E-state index is 12.9. The van der Waals surface area contributed by atoms with E-state index < -0.39 is 15.9 Å². The van der Waals surface area contributed by atoms with E-state index in [1.54, 1.807) is 4.68 Å². The molecule has 0 unspecified atom stereocenters. The molecule has 27 heavy (non-hydrogen) atoms. The van der Waals surface area contributed by atoms with Gasteiger partial charge in [-0.2, -0.15) is 5.10 Å². The highest BCUT2D eigenvalue weighted by molar-refractivity contribution is 7.91. The minimum absolute atomic E-state index is 0.0813. The van der Waals surface area contributed by atoms with Crippen molar-refractivity contribution in [2.24, 2.45) is 9.50 Å². The van der Waals surface area contributed by atoms with Crippen LogP contribution in [0, 0.1) is 0 Å². The molecule has 2 aromatic rings. The van der Waals surface area contributed by atoms with Crippen LogP contribution in [0.1, 0.15) is 35.6 Å². The number of rotatable bonds is 2. The van der Waals surface area contributed by atoms with Crippen molar-refractivity contribution in [3.8, 4) is 5.88 Å². The van der Waals surface area contributed by atoms with E-state index in [2.05, 4.69) is 20.8 Å². The number of aryl methyl sites for hydroxylation is 2. The van der Waals surface area contributed by atoms with Crippen LogP contribution >= 0.6 is 0 Å². The fourth-order valence-electron chi connectivity index (χ4n) is 4.17. The predicted molar refractivity (Wildman–Crippen MR) is 100 cm³/mol. The van der Waals surface area contributed by atoms with Crippen molar-refractivity contribution in [2.45, 2.75) is 56.6 Å². The van der Waals surface area contributed by atoms with Crippen molar-refractivity contribution in [1.29, 1.82) is 0 Å². The molecule has 1 aliphatic heterocycles. The number of hydrogen-bond donors (Lipinski definition) is 2. The third kappa shape index (κ3) is 2.64. The summed E-state index contributed by atoms with van der Waals surface area (Å²) >= 11 is 0. The Labute approximate surface area is 157 Å². The number of amides is 2. The first-order valence-electron chi connectivity index (χ1n) is 9.17. The standard InChI is InChI=1S/C18H21N5O3S/c1-10-9-23-17(26-10)15(8-20-23)27(19,25)22-18(24)21-16-13-4-2-3-11(13)7-12-5-6-14(12)16/h7-8,10H,2-6,9H2,1H3,(H3,19,21,22,24,25)/t10-,27-/m0/s1. The second kappa shape index (κ2) is 5.80. The number of anilines is 1. The SMILES string of the molecule is C[C@H]1Cn2ncc([S@@](N)(=O)=NC(=O)Nc3c4c(cc5c3CC5)CCC4)c2O1. The summed E-state index contributed by atoms with van der Waals surface area (Å²) in [5.74, 6) is 0.330. The van der Waals surface area contributed by atoms with Crippen molar-refractivity contribution in [3.63, 3.8) is 0 Å². The zero-order valence-corrected chi connectivity index (χ0v) is 15.8. The van der Waals surface area contributed by atoms with E-state index in [9.17, 15) is 9.00 Å². The average Bonchev–Trinajstić information content (AvgIpc) is 3.24. The van der Waals surface area contributed by atoms with E-state index in [-0.39, 0.29) is 11.0 Å². The molecule has 142 valence electrons. The first kappa shape index (κ1) is 16.8. The van der Waals surface area contributed by atoms with Gasteiger partial charge in [-0.15, -0.1) is 4.36 Å². The third-order valence-corrected chi connectivity index (χ3v) is 6.86. The van der Waals surface area contributed by atoms with Gasteiger partial charge < -0.3 is 10.1 Å². The van der Waals surface area contributed by atoms with Crippen LogP contribution in [0.3, 0.4) is 0 Å². The predicted octanol–water partition coefficient (Wildman–Crippen LogP) is 2.18. The van der Waals surface area contributed by atoms with Crippen LogP contribution in [-0.4, -0.2) is 26.1 Å². The molecule has 0 spiro atoms. The largest absolute Gasteiger partial charge is 0.472 e. The highest BCUT2D eigenvalue weighted by Crippen LogP contribution is 2.39. The maximum Gasteiger partial charge on any atom is 0.354 e. The van der Waals surface area contributed by atoms with Crippen LogP contribution in [0.25, 0.3) is 0 Å². The Morgan fingerprint density at radius 2 is 2.11 bits per heavy atom. The second-order valence-corrected chi connectivity index (χ2v) is 9.15. The number of fused-ring (bicyclic) bond motifs is 3. The lowest BCUT2D eigenvalue weighted by atomic mass is 9.83. The quantitative estimate of drug-likeness (QED) is 0.822. The molecular formula is C18H21N5O3S. The molecule has 0 radical (unpaired) electrons. The van der Waals surface area contributed by atoms with Gasteiger partial charge in [-0.1, -0.05) is 6.07 Å². The van der Waals surface area contributed by atoms with Crippen LogP contribution in [0.15, 0.2) is 21.5 Å². The molecular weight excluding hydrogens is 366 g/mol. The van der Waals surface area contributed by atoms with E-state index in [1.165, 1.54) is 28.5 Å². The zero-order chi connectivity index (χ0) is 18.8. The summed E-state index contributed by atoms with van der Waals surface area (Å²) in [4.78, 5) is 12.7. The summed E-state index contributed by atoms with van der Waals surface area (Å²) in [6.45, 7) is 2.44. The van der Waals surface area contributed by atoms with E-state index in [0.29, 0.717) is 12.4 Å². The summed E-state index contributed by atoms with van der Waals surface area (Å²) in [6, 6.07) is 1.57. The van der Waals surface area contributed by atoms with E-state index in [4.69, 9.17) is 9.88 Å². The van der Waals surface area contributed by atoms with Crippen LogP contribution in [0.5, 0.6) is 5.88 Å². The van der Waals surface area contributed by atoms with Gasteiger partial charge in [-0.3, -0.25) is 0 Å². The number of carbonyl (C=O) groups excluding carboxylic acids is 1. The van der Waals surface area contributed by atoms with Crippen molar-refractivity contribution in [3.05, 3.63) is 34.5 Å². The lowest BCUT2D eigenvalue weighted by Crippen LogP contribution is -2.21. The number of carbonyl (C=O) groups is 1. The molecule has 2 atom stereocenters. The van der Waals surface area contributed by atoms with Crippen molar-refractivity contribution >= 4 is 21.6 Å². The van der Waals surface area contributed by atoms with Gasteiger partial charge in [-0.05, 0) is 61.3 Å². The maximum atomic E-state index is 12.9. The number of nitrogens with two attached hydrogens (primary N) is 1. The monoisotopic (exact) mass is 387 g/mol. The molecule has 8 nitrogen and oxygen atoms in total. The third-order valence-electron chi connectivity index (χ3n) is 5.51. The zero-order valence-electron chi connectivity index (χ0n) is 15.0. The minimum Gasteiger partial charge on any atom is -0.472 e. The number of urea groups is 1. The van der Waals surface area contributed by atoms with Gasteiger partial charge in [0, 0.05) is 5.69 Å². The Hall–Kier alpha value is -2.39. The molecule has 5 rings (SSSR count). The van der Waals surface area contributed by atoms with Crippen molar-refractivity contribution in [2.75, 3.05) is 5.32 Å². The Morgan fingerprint density at radius 3 is 2.89 bits per heavy atom. The Kier molecular flexibility index (Phi) is 3.60. The molecule has 2 amide bonds. The normalized spacial score (nSPS) is 21.3. The van der Waals surface area contributed by atoms with Crippen molar-refractivity contribution < 1.29 is 13.7 Å². The molecule has 2 heterocycles. The average molecular weight is 387 g/mol.